The summed E-state index contributed by atoms with van der Waals surface area (Å²) in [6.07, 6.45) is 6.87. The van der Waals surface area contributed by atoms with Gasteiger partial charge in [-0.1, -0.05) is 24.3 Å². The van der Waals surface area contributed by atoms with Crippen LogP contribution in [0.3, 0.4) is 0 Å². The Kier molecular flexibility index (Phi) is 5.83. The molecule has 154 valence electrons. The summed E-state index contributed by atoms with van der Waals surface area (Å²) < 4.78 is 1.87. The van der Waals surface area contributed by atoms with Gasteiger partial charge in [-0.2, -0.15) is 5.10 Å². The summed E-state index contributed by atoms with van der Waals surface area (Å²) in [5.41, 5.74) is 3.69. The third kappa shape index (κ3) is 4.60. The van der Waals surface area contributed by atoms with Gasteiger partial charge in [0, 0.05) is 65.4 Å². The van der Waals surface area contributed by atoms with Crippen molar-refractivity contribution in [2.24, 2.45) is 12.0 Å². The molecule has 7 nitrogen and oxygen atoms in total. The van der Waals surface area contributed by atoms with Crippen LogP contribution in [-0.4, -0.2) is 58.1 Å². The predicted octanol–water partition coefficient (Wildman–Crippen LogP) is 2.11. The maximum absolute atomic E-state index is 11.9. The number of benzene rings is 1. The molecule has 1 amide bonds. The molecule has 2 saturated heterocycles. The topological polar surface area (TPSA) is 65.8 Å². The molecule has 2 fully saturated rings. The summed E-state index contributed by atoms with van der Waals surface area (Å²) in [5, 5.41) is 7.81. The van der Waals surface area contributed by atoms with E-state index in [0.717, 1.165) is 45.0 Å². The van der Waals surface area contributed by atoms with E-state index in [-0.39, 0.29) is 5.91 Å². The summed E-state index contributed by atoms with van der Waals surface area (Å²) in [7, 11) is 3.81. The fourth-order valence-electron chi connectivity index (χ4n) is 4.32. The SMILES string of the molecule is CN=C(NCc1cccc(CN2CCCC2=O)c1)N1CCC(c2cnn(C)c2)C1. The normalized spacial score (nSPS) is 20.0. The average molecular weight is 395 g/mol. The highest BCUT2D eigenvalue weighted by Crippen LogP contribution is 2.26. The van der Waals surface area contributed by atoms with Gasteiger partial charge in [0.2, 0.25) is 5.91 Å². The largest absolute Gasteiger partial charge is 0.352 e. The zero-order chi connectivity index (χ0) is 20.2. The van der Waals surface area contributed by atoms with Gasteiger partial charge < -0.3 is 15.1 Å². The van der Waals surface area contributed by atoms with Gasteiger partial charge in [0.25, 0.3) is 0 Å². The Morgan fingerprint density at radius 2 is 2.17 bits per heavy atom. The summed E-state index contributed by atoms with van der Waals surface area (Å²) in [6.45, 7) is 4.27. The van der Waals surface area contributed by atoms with Crippen LogP contribution in [0.15, 0.2) is 41.7 Å². The van der Waals surface area contributed by atoms with Crippen LogP contribution >= 0.6 is 0 Å². The molecule has 2 aliphatic rings. The van der Waals surface area contributed by atoms with Crippen molar-refractivity contribution in [1.29, 1.82) is 0 Å². The molecule has 1 aromatic carbocycles. The maximum atomic E-state index is 11.9. The van der Waals surface area contributed by atoms with E-state index in [1.807, 2.05) is 29.9 Å². The number of carbonyl (C=O) groups excluding carboxylic acids is 1. The van der Waals surface area contributed by atoms with Gasteiger partial charge in [-0.3, -0.25) is 14.5 Å². The van der Waals surface area contributed by atoms with Crippen molar-refractivity contribution in [1.82, 2.24) is 24.9 Å². The Labute approximate surface area is 172 Å². The van der Waals surface area contributed by atoms with Crippen LogP contribution in [0.5, 0.6) is 0 Å². The van der Waals surface area contributed by atoms with Crippen molar-refractivity contribution < 1.29 is 4.79 Å². The van der Waals surface area contributed by atoms with Crippen LogP contribution in [0.25, 0.3) is 0 Å². The molecule has 1 N–H and O–H groups in total. The third-order valence-corrected chi connectivity index (χ3v) is 5.88. The highest BCUT2D eigenvalue weighted by molar-refractivity contribution is 5.80. The molecular formula is C22H30N6O. The monoisotopic (exact) mass is 394 g/mol. The number of aliphatic imine (C=N–C) groups is 1. The number of nitrogens with zero attached hydrogens (tertiary/aromatic N) is 5. The number of hydrogen-bond donors (Lipinski definition) is 1. The van der Waals surface area contributed by atoms with Gasteiger partial charge in [0.1, 0.15) is 0 Å². The van der Waals surface area contributed by atoms with Gasteiger partial charge >= 0.3 is 0 Å². The van der Waals surface area contributed by atoms with E-state index >= 15 is 0 Å². The van der Waals surface area contributed by atoms with E-state index < -0.39 is 0 Å². The molecule has 3 heterocycles. The standard InChI is InChI=1S/C22H30N6O/c1-23-22(28-10-8-19(16-28)20-13-25-26(2)15-20)24-12-17-5-3-6-18(11-17)14-27-9-4-7-21(27)29/h3,5-6,11,13,15,19H,4,7-10,12,14,16H2,1-2H3,(H,23,24). The van der Waals surface area contributed by atoms with Crippen molar-refractivity contribution in [2.45, 2.75) is 38.3 Å². The molecule has 4 rings (SSSR count). The minimum Gasteiger partial charge on any atom is -0.352 e. The lowest BCUT2D eigenvalue weighted by atomic mass is 10.0. The smallest absolute Gasteiger partial charge is 0.222 e. The quantitative estimate of drug-likeness (QED) is 0.623. The Morgan fingerprint density at radius 3 is 2.90 bits per heavy atom. The molecule has 1 atom stereocenters. The van der Waals surface area contributed by atoms with Crippen LogP contribution in [0.4, 0.5) is 0 Å². The molecule has 0 radical (unpaired) electrons. The van der Waals surface area contributed by atoms with Crippen LogP contribution in [0.1, 0.15) is 41.9 Å². The molecule has 0 bridgehead atoms. The van der Waals surface area contributed by atoms with Gasteiger partial charge in [-0.15, -0.1) is 0 Å². The van der Waals surface area contributed by atoms with Gasteiger partial charge in [-0.25, -0.2) is 0 Å². The first-order valence-corrected chi connectivity index (χ1v) is 10.4. The molecular weight excluding hydrogens is 364 g/mol. The number of aromatic nitrogens is 2. The summed E-state index contributed by atoms with van der Waals surface area (Å²) in [5.74, 6) is 1.71. The lowest BCUT2D eigenvalue weighted by Gasteiger charge is -2.22. The Morgan fingerprint density at radius 1 is 1.31 bits per heavy atom. The van der Waals surface area contributed by atoms with Crippen LogP contribution in [-0.2, 0) is 24.9 Å². The zero-order valence-electron chi connectivity index (χ0n) is 17.3. The number of rotatable bonds is 5. The Bertz CT molecular complexity index is 889. The predicted molar refractivity (Wildman–Crippen MR) is 113 cm³/mol. The van der Waals surface area contributed by atoms with E-state index in [1.54, 1.807) is 0 Å². The third-order valence-electron chi connectivity index (χ3n) is 5.88. The summed E-state index contributed by atoms with van der Waals surface area (Å²) in [6, 6.07) is 8.49. The number of aryl methyl sites for hydroxylation is 1. The van der Waals surface area contributed by atoms with Crippen LogP contribution < -0.4 is 5.32 Å². The summed E-state index contributed by atoms with van der Waals surface area (Å²) >= 11 is 0. The zero-order valence-corrected chi connectivity index (χ0v) is 17.3. The van der Waals surface area contributed by atoms with Crippen LogP contribution in [0, 0.1) is 0 Å². The van der Waals surface area contributed by atoms with E-state index in [2.05, 4.69) is 50.8 Å². The lowest BCUT2D eigenvalue weighted by molar-refractivity contribution is -0.128. The minimum atomic E-state index is 0.270. The van der Waals surface area contributed by atoms with Crippen molar-refractivity contribution >= 4 is 11.9 Å². The summed E-state index contributed by atoms with van der Waals surface area (Å²) in [4.78, 5) is 20.7. The molecule has 1 unspecified atom stereocenters. The van der Waals surface area contributed by atoms with E-state index in [4.69, 9.17) is 0 Å². The van der Waals surface area contributed by atoms with Crippen molar-refractivity contribution in [3.05, 3.63) is 53.3 Å². The second-order valence-electron chi connectivity index (χ2n) is 8.02. The minimum absolute atomic E-state index is 0.270. The highest BCUT2D eigenvalue weighted by atomic mass is 16.2. The molecule has 29 heavy (non-hydrogen) atoms. The number of hydrogen-bond acceptors (Lipinski definition) is 3. The first-order chi connectivity index (χ1) is 14.1. The fraction of sp³-hybridized carbons (Fsp3) is 0.500. The first-order valence-electron chi connectivity index (χ1n) is 10.4. The average Bonchev–Trinajstić information content (AvgIpc) is 3.45. The van der Waals surface area contributed by atoms with Gasteiger partial charge in [0.15, 0.2) is 5.96 Å². The maximum Gasteiger partial charge on any atom is 0.222 e. The number of likely N-dealkylation sites (tertiary alicyclic amines) is 2. The molecule has 1 aromatic heterocycles. The molecule has 2 aromatic rings. The second kappa shape index (κ2) is 8.68. The molecule has 0 spiro atoms. The number of amides is 1. The highest BCUT2D eigenvalue weighted by Gasteiger charge is 2.27. The number of carbonyl (C=O) groups is 1. The first kappa shape index (κ1) is 19.5. The fourth-order valence-corrected chi connectivity index (χ4v) is 4.32. The Balaban J connectivity index is 1.33. The van der Waals surface area contributed by atoms with Crippen molar-refractivity contribution in [2.75, 3.05) is 26.7 Å². The van der Waals surface area contributed by atoms with E-state index in [1.165, 1.54) is 16.7 Å². The molecule has 0 aliphatic carbocycles. The van der Waals surface area contributed by atoms with Gasteiger partial charge in [0.05, 0.1) is 6.20 Å². The molecule has 0 saturated carbocycles. The van der Waals surface area contributed by atoms with E-state index in [0.29, 0.717) is 18.9 Å². The number of nitrogens with one attached hydrogen (secondary N) is 1. The lowest BCUT2D eigenvalue weighted by Crippen LogP contribution is -2.39. The van der Waals surface area contributed by atoms with Gasteiger partial charge in [-0.05, 0) is 29.5 Å². The second-order valence-corrected chi connectivity index (χ2v) is 8.02. The van der Waals surface area contributed by atoms with Crippen LogP contribution in [0.2, 0.25) is 0 Å². The number of guanidine groups is 1. The van der Waals surface area contributed by atoms with Crippen molar-refractivity contribution in [3.63, 3.8) is 0 Å². The molecule has 2 aliphatic heterocycles. The van der Waals surface area contributed by atoms with Crippen molar-refractivity contribution in [3.8, 4) is 0 Å². The molecule has 7 heteroatoms. The van der Waals surface area contributed by atoms with E-state index in [9.17, 15) is 4.79 Å². The Hall–Kier alpha value is -2.83.